The van der Waals surface area contributed by atoms with Gasteiger partial charge in [-0.1, -0.05) is 54.1 Å². The minimum absolute atomic E-state index is 0.0550. The fourth-order valence-corrected chi connectivity index (χ4v) is 4.14. The van der Waals surface area contributed by atoms with Crippen molar-refractivity contribution in [3.05, 3.63) is 94.0 Å². The van der Waals surface area contributed by atoms with E-state index in [2.05, 4.69) is 28.4 Å². The molecule has 0 aromatic heterocycles. The van der Waals surface area contributed by atoms with Gasteiger partial charge in [-0.25, -0.2) is 0 Å². The molecule has 1 aliphatic rings. The molecule has 0 aliphatic carbocycles. The molecule has 0 saturated carbocycles. The van der Waals surface area contributed by atoms with Gasteiger partial charge in [0.05, 0.1) is 18.2 Å². The van der Waals surface area contributed by atoms with Gasteiger partial charge in [0.1, 0.15) is 0 Å². The zero-order chi connectivity index (χ0) is 21.6. The molecule has 0 atom stereocenters. The lowest BCUT2D eigenvalue weighted by atomic mass is 9.99. The van der Waals surface area contributed by atoms with Gasteiger partial charge in [0.15, 0.2) is 5.78 Å². The average molecular weight is 435 g/mol. The topological polar surface area (TPSA) is 41.6 Å². The summed E-state index contributed by atoms with van der Waals surface area (Å²) in [6.07, 6.45) is 0.959. The van der Waals surface area contributed by atoms with E-state index < -0.39 is 0 Å². The van der Waals surface area contributed by atoms with Gasteiger partial charge in [-0.15, -0.1) is 0 Å². The van der Waals surface area contributed by atoms with Crippen LogP contribution in [0.15, 0.2) is 66.7 Å². The number of benzene rings is 3. The number of ether oxygens (including phenoxy) is 1. The van der Waals surface area contributed by atoms with E-state index in [1.165, 1.54) is 5.56 Å². The highest BCUT2D eigenvalue weighted by Crippen LogP contribution is 2.28. The smallest absolute Gasteiger partial charge is 0.194 e. The first-order valence-electron chi connectivity index (χ1n) is 10.7. The van der Waals surface area contributed by atoms with Crippen LogP contribution in [-0.2, 0) is 11.2 Å². The average Bonchev–Trinajstić information content (AvgIpc) is 2.79. The number of hydrogen-bond acceptors (Lipinski definition) is 4. The molecule has 1 heterocycles. The Balaban J connectivity index is 1.48. The van der Waals surface area contributed by atoms with Crippen LogP contribution in [0, 0.1) is 6.92 Å². The number of rotatable bonds is 7. The first-order chi connectivity index (χ1) is 15.1. The molecule has 1 aliphatic heterocycles. The van der Waals surface area contributed by atoms with E-state index in [1.807, 2.05) is 49.4 Å². The molecule has 0 radical (unpaired) electrons. The highest BCUT2D eigenvalue weighted by molar-refractivity contribution is 6.35. The van der Waals surface area contributed by atoms with E-state index in [0.717, 1.165) is 56.2 Å². The minimum Gasteiger partial charge on any atom is -0.379 e. The van der Waals surface area contributed by atoms with E-state index in [1.54, 1.807) is 6.07 Å². The highest BCUT2D eigenvalue weighted by atomic mass is 35.5. The van der Waals surface area contributed by atoms with Crippen molar-refractivity contribution in [3.63, 3.8) is 0 Å². The molecule has 3 aromatic carbocycles. The quantitative estimate of drug-likeness (QED) is 0.499. The summed E-state index contributed by atoms with van der Waals surface area (Å²) >= 11 is 6.52. The Bertz CT molecular complexity index is 1060. The Morgan fingerprint density at radius 3 is 2.52 bits per heavy atom. The largest absolute Gasteiger partial charge is 0.379 e. The van der Waals surface area contributed by atoms with Crippen LogP contribution in [0.1, 0.15) is 27.0 Å². The molecule has 31 heavy (non-hydrogen) atoms. The molecule has 0 spiro atoms. The summed E-state index contributed by atoms with van der Waals surface area (Å²) in [4.78, 5) is 15.4. The van der Waals surface area contributed by atoms with Crippen LogP contribution in [0.4, 0.5) is 11.4 Å². The van der Waals surface area contributed by atoms with Crippen LogP contribution < -0.4 is 5.32 Å². The molecule has 4 nitrogen and oxygen atoms in total. The number of para-hydroxylation sites is 1. The number of aryl methyl sites for hydroxylation is 1. The zero-order valence-corrected chi connectivity index (χ0v) is 18.5. The Hall–Kier alpha value is -2.66. The first-order valence-corrected chi connectivity index (χ1v) is 11.0. The SMILES string of the molecule is Cc1ccccc1C(=O)c1ccc(Nc2ccccc2CCN2CCOCC2)cc1Cl. The predicted molar refractivity (Wildman–Crippen MR) is 127 cm³/mol. The number of carbonyl (C=O) groups excluding carboxylic acids is 1. The maximum Gasteiger partial charge on any atom is 0.194 e. The molecule has 1 N–H and O–H groups in total. The first kappa shape index (κ1) is 21.6. The second-order valence-corrected chi connectivity index (χ2v) is 8.23. The van der Waals surface area contributed by atoms with Crippen molar-refractivity contribution in [1.82, 2.24) is 4.90 Å². The standard InChI is InChI=1S/C26H27ClN2O2/c1-19-6-2-4-8-22(19)26(30)23-11-10-21(18-24(23)27)28-25-9-5-3-7-20(25)12-13-29-14-16-31-17-15-29/h2-11,18,28H,12-17H2,1H3. The van der Waals surface area contributed by atoms with Crippen LogP contribution in [0.3, 0.4) is 0 Å². The summed E-state index contributed by atoms with van der Waals surface area (Å²) in [5, 5.41) is 3.93. The van der Waals surface area contributed by atoms with Gasteiger partial charge in [0, 0.05) is 42.1 Å². The van der Waals surface area contributed by atoms with Crippen LogP contribution >= 0.6 is 11.6 Å². The molecule has 3 aromatic rings. The van der Waals surface area contributed by atoms with E-state index in [4.69, 9.17) is 16.3 Å². The second kappa shape index (κ2) is 10.1. The van der Waals surface area contributed by atoms with Crippen molar-refractivity contribution in [2.45, 2.75) is 13.3 Å². The Labute approximate surface area is 188 Å². The Morgan fingerprint density at radius 2 is 1.74 bits per heavy atom. The van der Waals surface area contributed by atoms with E-state index in [0.29, 0.717) is 16.1 Å². The van der Waals surface area contributed by atoms with E-state index in [9.17, 15) is 4.79 Å². The van der Waals surface area contributed by atoms with Crippen molar-refractivity contribution in [3.8, 4) is 0 Å². The van der Waals surface area contributed by atoms with Crippen LogP contribution in [0.2, 0.25) is 5.02 Å². The third kappa shape index (κ3) is 5.34. The summed E-state index contributed by atoms with van der Waals surface area (Å²) in [7, 11) is 0. The molecule has 0 bridgehead atoms. The van der Waals surface area contributed by atoms with E-state index >= 15 is 0 Å². The summed E-state index contributed by atoms with van der Waals surface area (Å²) in [5.74, 6) is -0.0550. The highest BCUT2D eigenvalue weighted by Gasteiger charge is 2.16. The number of nitrogens with one attached hydrogen (secondary N) is 1. The molecule has 4 rings (SSSR count). The van der Waals surface area contributed by atoms with Crippen molar-refractivity contribution < 1.29 is 9.53 Å². The Kier molecular flexibility index (Phi) is 7.03. The predicted octanol–water partition coefficient (Wildman–Crippen LogP) is 5.50. The maximum absolute atomic E-state index is 12.9. The third-order valence-corrected chi connectivity index (χ3v) is 6.01. The van der Waals surface area contributed by atoms with Crippen molar-refractivity contribution in [1.29, 1.82) is 0 Å². The van der Waals surface area contributed by atoms with Crippen molar-refractivity contribution in [2.75, 3.05) is 38.2 Å². The van der Waals surface area contributed by atoms with Gasteiger partial charge in [-0.05, 0) is 48.7 Å². The van der Waals surface area contributed by atoms with Gasteiger partial charge in [-0.2, -0.15) is 0 Å². The van der Waals surface area contributed by atoms with Gasteiger partial charge >= 0.3 is 0 Å². The zero-order valence-electron chi connectivity index (χ0n) is 17.7. The van der Waals surface area contributed by atoms with Crippen LogP contribution in [-0.4, -0.2) is 43.5 Å². The Morgan fingerprint density at radius 1 is 1.00 bits per heavy atom. The second-order valence-electron chi connectivity index (χ2n) is 7.82. The lowest BCUT2D eigenvalue weighted by Gasteiger charge is -2.26. The summed E-state index contributed by atoms with van der Waals surface area (Å²) in [6, 6.07) is 21.4. The number of anilines is 2. The lowest BCUT2D eigenvalue weighted by molar-refractivity contribution is 0.0384. The lowest BCUT2D eigenvalue weighted by Crippen LogP contribution is -2.37. The van der Waals surface area contributed by atoms with Crippen molar-refractivity contribution >= 4 is 28.8 Å². The van der Waals surface area contributed by atoms with Gasteiger partial charge in [0.25, 0.3) is 0 Å². The summed E-state index contributed by atoms with van der Waals surface area (Å²) in [5.41, 5.74) is 5.32. The molecule has 1 saturated heterocycles. The molecule has 5 heteroatoms. The number of nitrogens with zero attached hydrogens (tertiary/aromatic N) is 1. The molecular formula is C26H27ClN2O2. The van der Waals surface area contributed by atoms with Crippen molar-refractivity contribution in [2.24, 2.45) is 0 Å². The van der Waals surface area contributed by atoms with Gasteiger partial charge < -0.3 is 10.1 Å². The molecule has 1 fully saturated rings. The molecule has 0 amide bonds. The maximum atomic E-state index is 12.9. The molecular weight excluding hydrogens is 408 g/mol. The fourth-order valence-electron chi connectivity index (χ4n) is 3.87. The normalized spacial score (nSPS) is 14.4. The number of hydrogen-bond donors (Lipinski definition) is 1. The van der Waals surface area contributed by atoms with Gasteiger partial charge in [0.2, 0.25) is 0 Å². The number of halogens is 1. The van der Waals surface area contributed by atoms with E-state index in [-0.39, 0.29) is 5.78 Å². The summed E-state index contributed by atoms with van der Waals surface area (Å²) < 4.78 is 5.44. The molecule has 0 unspecified atom stereocenters. The monoisotopic (exact) mass is 434 g/mol. The summed E-state index contributed by atoms with van der Waals surface area (Å²) in [6.45, 7) is 6.54. The van der Waals surface area contributed by atoms with Gasteiger partial charge in [-0.3, -0.25) is 9.69 Å². The number of morpholine rings is 1. The van der Waals surface area contributed by atoms with Crippen LogP contribution in [0.5, 0.6) is 0 Å². The van der Waals surface area contributed by atoms with Crippen LogP contribution in [0.25, 0.3) is 0 Å². The number of carbonyl (C=O) groups is 1. The minimum atomic E-state index is -0.0550. The molecule has 160 valence electrons. The third-order valence-electron chi connectivity index (χ3n) is 5.70. The fraction of sp³-hybridized carbons (Fsp3) is 0.269. The number of ketones is 1.